The highest BCUT2D eigenvalue weighted by molar-refractivity contribution is 7.89. The van der Waals surface area contributed by atoms with Crippen molar-refractivity contribution in [3.05, 3.63) is 17.1 Å². The third kappa shape index (κ3) is 3.83. The number of furan rings is 1. The number of hydrogen-bond donors (Lipinski definition) is 2. The van der Waals surface area contributed by atoms with E-state index >= 15 is 0 Å². The SMILES string of the molecule is CCNCc1c(C)oc(C)c1S(=O)(=O)NN1CCOCC1. The quantitative estimate of drug-likeness (QED) is 0.796. The molecule has 120 valence electrons. The summed E-state index contributed by atoms with van der Waals surface area (Å²) in [5, 5.41) is 4.81. The standard InChI is InChI=1S/C13H23N3O4S/c1-4-14-9-12-10(2)20-11(3)13(12)21(17,18)15-16-5-7-19-8-6-16/h14-15H,4-9H2,1-3H3. The summed E-state index contributed by atoms with van der Waals surface area (Å²) in [6, 6.07) is 0. The van der Waals surface area contributed by atoms with Crippen LogP contribution in [0.15, 0.2) is 9.31 Å². The van der Waals surface area contributed by atoms with Gasteiger partial charge in [-0.15, -0.1) is 4.83 Å². The van der Waals surface area contributed by atoms with Crippen LogP contribution in [0.4, 0.5) is 0 Å². The lowest BCUT2D eigenvalue weighted by molar-refractivity contribution is 0.0272. The average molecular weight is 317 g/mol. The monoisotopic (exact) mass is 317 g/mol. The van der Waals surface area contributed by atoms with Crippen LogP contribution in [-0.4, -0.2) is 46.3 Å². The molecule has 0 saturated carbocycles. The van der Waals surface area contributed by atoms with E-state index in [4.69, 9.17) is 9.15 Å². The smallest absolute Gasteiger partial charge is 0.257 e. The van der Waals surface area contributed by atoms with Crippen LogP contribution in [0.3, 0.4) is 0 Å². The molecule has 0 aromatic carbocycles. The predicted molar refractivity (Wildman–Crippen MR) is 78.3 cm³/mol. The van der Waals surface area contributed by atoms with Gasteiger partial charge in [-0.05, 0) is 20.4 Å². The Kier molecular flexibility index (Phi) is 5.39. The molecule has 21 heavy (non-hydrogen) atoms. The van der Waals surface area contributed by atoms with Crippen molar-refractivity contribution in [3.63, 3.8) is 0 Å². The Balaban J connectivity index is 2.25. The fourth-order valence-corrected chi connectivity index (χ4v) is 3.96. The van der Waals surface area contributed by atoms with E-state index in [0.717, 1.165) is 6.54 Å². The first-order chi connectivity index (χ1) is 9.95. The summed E-state index contributed by atoms with van der Waals surface area (Å²) in [5.74, 6) is 1.05. The number of nitrogens with one attached hydrogen (secondary N) is 2. The maximum absolute atomic E-state index is 12.6. The first-order valence-corrected chi connectivity index (χ1v) is 8.58. The van der Waals surface area contributed by atoms with Crippen LogP contribution >= 0.6 is 0 Å². The summed E-state index contributed by atoms with van der Waals surface area (Å²) >= 11 is 0. The molecule has 0 bridgehead atoms. The molecule has 0 amide bonds. The molecule has 0 radical (unpaired) electrons. The minimum Gasteiger partial charge on any atom is -0.465 e. The van der Waals surface area contributed by atoms with Crippen molar-refractivity contribution in [1.82, 2.24) is 15.2 Å². The summed E-state index contributed by atoms with van der Waals surface area (Å²) in [5.41, 5.74) is 0.690. The summed E-state index contributed by atoms with van der Waals surface area (Å²) < 4.78 is 36.0. The number of hydrazine groups is 1. The van der Waals surface area contributed by atoms with Gasteiger partial charge in [-0.3, -0.25) is 0 Å². The van der Waals surface area contributed by atoms with Gasteiger partial charge in [0.25, 0.3) is 10.0 Å². The molecular formula is C13H23N3O4S. The summed E-state index contributed by atoms with van der Waals surface area (Å²) in [7, 11) is -3.64. The van der Waals surface area contributed by atoms with E-state index in [0.29, 0.717) is 49.9 Å². The molecule has 0 unspecified atom stereocenters. The summed E-state index contributed by atoms with van der Waals surface area (Å²) in [6.45, 7) is 8.80. The molecule has 0 aliphatic carbocycles. The molecule has 8 heteroatoms. The summed E-state index contributed by atoms with van der Waals surface area (Å²) in [4.78, 5) is 2.86. The predicted octanol–water partition coefficient (Wildman–Crippen LogP) is 0.531. The van der Waals surface area contributed by atoms with Crippen molar-refractivity contribution in [2.24, 2.45) is 0 Å². The van der Waals surface area contributed by atoms with Crippen LogP contribution in [-0.2, 0) is 21.3 Å². The third-order valence-corrected chi connectivity index (χ3v) is 4.98. The molecule has 2 N–H and O–H groups in total. The Morgan fingerprint density at radius 2 is 1.86 bits per heavy atom. The Morgan fingerprint density at radius 1 is 1.19 bits per heavy atom. The number of hydrogen-bond acceptors (Lipinski definition) is 6. The highest BCUT2D eigenvalue weighted by atomic mass is 32.2. The van der Waals surface area contributed by atoms with Crippen LogP contribution < -0.4 is 10.1 Å². The van der Waals surface area contributed by atoms with E-state index in [-0.39, 0.29) is 4.90 Å². The molecule has 0 atom stereocenters. The molecule has 1 aromatic heterocycles. The first kappa shape index (κ1) is 16.4. The zero-order valence-electron chi connectivity index (χ0n) is 12.7. The first-order valence-electron chi connectivity index (χ1n) is 7.10. The number of aryl methyl sites for hydroxylation is 2. The van der Waals surface area contributed by atoms with Crippen molar-refractivity contribution in [3.8, 4) is 0 Å². The van der Waals surface area contributed by atoms with Crippen molar-refractivity contribution in [2.45, 2.75) is 32.2 Å². The maximum Gasteiger partial charge on any atom is 0.257 e. The van der Waals surface area contributed by atoms with Gasteiger partial charge < -0.3 is 14.5 Å². The van der Waals surface area contributed by atoms with Gasteiger partial charge in [0.05, 0.1) is 13.2 Å². The summed E-state index contributed by atoms with van der Waals surface area (Å²) in [6.07, 6.45) is 0. The lowest BCUT2D eigenvalue weighted by atomic mass is 10.2. The molecule has 2 rings (SSSR count). The van der Waals surface area contributed by atoms with Crippen molar-refractivity contribution in [2.75, 3.05) is 32.8 Å². The molecule has 1 saturated heterocycles. The van der Waals surface area contributed by atoms with Crippen molar-refractivity contribution in [1.29, 1.82) is 0 Å². The molecule has 1 aromatic rings. The van der Waals surface area contributed by atoms with Gasteiger partial charge in [0, 0.05) is 25.2 Å². The van der Waals surface area contributed by atoms with Gasteiger partial charge >= 0.3 is 0 Å². The number of morpholine rings is 1. The lowest BCUT2D eigenvalue weighted by Crippen LogP contribution is -2.48. The van der Waals surface area contributed by atoms with Gasteiger partial charge in [0.15, 0.2) is 0 Å². The maximum atomic E-state index is 12.6. The van der Waals surface area contributed by atoms with E-state index in [1.54, 1.807) is 18.9 Å². The molecule has 2 heterocycles. The normalized spacial score (nSPS) is 17.3. The molecule has 1 fully saturated rings. The van der Waals surface area contributed by atoms with E-state index in [2.05, 4.69) is 10.1 Å². The van der Waals surface area contributed by atoms with Gasteiger partial charge in [0.2, 0.25) is 0 Å². The molecule has 1 aliphatic rings. The molecule has 1 aliphatic heterocycles. The Hall–Kier alpha value is -0.930. The van der Waals surface area contributed by atoms with Crippen LogP contribution in [0.1, 0.15) is 24.0 Å². The Bertz CT molecular complexity index is 576. The third-order valence-electron chi connectivity index (χ3n) is 3.41. The molecular weight excluding hydrogens is 294 g/mol. The zero-order chi connectivity index (χ0) is 15.5. The van der Waals surface area contributed by atoms with Gasteiger partial charge in [-0.2, -0.15) is 0 Å². The number of rotatable bonds is 6. The van der Waals surface area contributed by atoms with Gasteiger partial charge in [0.1, 0.15) is 16.4 Å². The van der Waals surface area contributed by atoms with Crippen LogP contribution in [0, 0.1) is 13.8 Å². The minimum absolute atomic E-state index is 0.243. The number of nitrogens with zero attached hydrogens (tertiary/aromatic N) is 1. The zero-order valence-corrected chi connectivity index (χ0v) is 13.5. The lowest BCUT2D eigenvalue weighted by Gasteiger charge is -2.26. The van der Waals surface area contributed by atoms with Crippen LogP contribution in [0.2, 0.25) is 0 Å². The minimum atomic E-state index is -3.64. The van der Waals surface area contributed by atoms with Crippen LogP contribution in [0.25, 0.3) is 0 Å². The van der Waals surface area contributed by atoms with Crippen molar-refractivity contribution >= 4 is 10.0 Å². The second-order valence-electron chi connectivity index (χ2n) is 5.00. The highest BCUT2D eigenvalue weighted by Crippen LogP contribution is 2.26. The topological polar surface area (TPSA) is 83.8 Å². The number of ether oxygens (including phenoxy) is 1. The van der Waals surface area contributed by atoms with E-state index < -0.39 is 10.0 Å². The fourth-order valence-electron chi connectivity index (χ4n) is 2.39. The highest BCUT2D eigenvalue weighted by Gasteiger charge is 2.28. The van der Waals surface area contributed by atoms with Gasteiger partial charge in [-0.1, -0.05) is 6.92 Å². The van der Waals surface area contributed by atoms with E-state index in [9.17, 15) is 8.42 Å². The fraction of sp³-hybridized carbons (Fsp3) is 0.692. The average Bonchev–Trinajstić information content (AvgIpc) is 2.72. The largest absolute Gasteiger partial charge is 0.465 e. The second-order valence-corrected chi connectivity index (χ2v) is 6.59. The van der Waals surface area contributed by atoms with E-state index in [1.165, 1.54) is 0 Å². The van der Waals surface area contributed by atoms with Gasteiger partial charge in [-0.25, -0.2) is 13.4 Å². The Morgan fingerprint density at radius 3 is 2.48 bits per heavy atom. The number of sulfonamides is 1. The molecule has 7 nitrogen and oxygen atoms in total. The molecule has 0 spiro atoms. The van der Waals surface area contributed by atoms with E-state index in [1.807, 2.05) is 6.92 Å². The Labute approximate surface area is 125 Å². The van der Waals surface area contributed by atoms with Crippen LogP contribution in [0.5, 0.6) is 0 Å². The second kappa shape index (κ2) is 6.89. The van der Waals surface area contributed by atoms with Crippen molar-refractivity contribution < 1.29 is 17.6 Å².